The summed E-state index contributed by atoms with van der Waals surface area (Å²) in [7, 11) is 0. The first-order valence-electron chi connectivity index (χ1n) is 6.55. The topological polar surface area (TPSA) is 50.2 Å². The van der Waals surface area contributed by atoms with E-state index in [1.54, 1.807) is 13.8 Å². The zero-order valence-corrected chi connectivity index (χ0v) is 13.0. The third kappa shape index (κ3) is 2.90. The van der Waals surface area contributed by atoms with Crippen molar-refractivity contribution in [3.63, 3.8) is 0 Å². The molecule has 0 unspecified atom stereocenters. The second-order valence-corrected chi connectivity index (χ2v) is 6.59. The Morgan fingerprint density at radius 2 is 2.00 bits per heavy atom. The van der Waals surface area contributed by atoms with Gasteiger partial charge in [0.15, 0.2) is 0 Å². The molecule has 0 aliphatic heterocycles. The van der Waals surface area contributed by atoms with E-state index < -0.39 is 11.4 Å². The van der Waals surface area contributed by atoms with E-state index >= 15 is 0 Å². The van der Waals surface area contributed by atoms with Crippen LogP contribution in [0.5, 0.6) is 0 Å². The van der Waals surface area contributed by atoms with Crippen LogP contribution in [0.1, 0.15) is 41.2 Å². The van der Waals surface area contributed by atoms with Gasteiger partial charge < -0.3 is 5.11 Å². The maximum absolute atomic E-state index is 11.2. The van der Waals surface area contributed by atoms with Gasteiger partial charge in [0.1, 0.15) is 5.41 Å². The van der Waals surface area contributed by atoms with Crippen LogP contribution < -0.4 is 0 Å². The van der Waals surface area contributed by atoms with Crippen LogP contribution in [0.25, 0.3) is 0 Å². The van der Waals surface area contributed by atoms with Crippen LogP contribution in [0.15, 0.2) is 23.6 Å². The van der Waals surface area contributed by atoms with E-state index in [0.29, 0.717) is 5.69 Å². The molecule has 0 aliphatic carbocycles. The molecular weight excluding hydrogens is 270 g/mol. The van der Waals surface area contributed by atoms with Gasteiger partial charge in [-0.1, -0.05) is 18.2 Å². The smallest absolute Gasteiger partial charge is 0.315 e. The standard InChI is InChI=1S/C16H19NO2S/c1-10-5-6-12(7-11(10)2)8-14-17-13(9-20-14)16(3,4)15(18)19/h5-7,9H,8H2,1-4H3,(H,18,19). The first-order chi connectivity index (χ1) is 9.30. The van der Waals surface area contributed by atoms with Gasteiger partial charge in [0.25, 0.3) is 0 Å². The molecule has 1 aromatic carbocycles. The highest BCUT2D eigenvalue weighted by molar-refractivity contribution is 7.09. The summed E-state index contributed by atoms with van der Waals surface area (Å²) in [5.74, 6) is -0.847. The Balaban J connectivity index is 2.21. The quantitative estimate of drug-likeness (QED) is 0.933. The van der Waals surface area contributed by atoms with Gasteiger partial charge in [0.05, 0.1) is 10.7 Å². The van der Waals surface area contributed by atoms with E-state index in [0.717, 1.165) is 11.4 Å². The van der Waals surface area contributed by atoms with Crippen LogP contribution in [0.2, 0.25) is 0 Å². The minimum absolute atomic E-state index is 0.633. The third-order valence-electron chi connectivity index (χ3n) is 3.65. The van der Waals surface area contributed by atoms with Crippen molar-refractivity contribution >= 4 is 17.3 Å². The van der Waals surface area contributed by atoms with Gasteiger partial charge in [-0.25, -0.2) is 4.98 Å². The minimum Gasteiger partial charge on any atom is -0.481 e. The van der Waals surface area contributed by atoms with Crippen LogP contribution in [-0.4, -0.2) is 16.1 Å². The first kappa shape index (κ1) is 14.7. The van der Waals surface area contributed by atoms with Gasteiger partial charge in [-0.3, -0.25) is 4.79 Å². The second kappa shape index (κ2) is 5.37. The van der Waals surface area contributed by atoms with Gasteiger partial charge in [-0.05, 0) is 44.4 Å². The summed E-state index contributed by atoms with van der Waals surface area (Å²) in [5.41, 5.74) is 3.46. The van der Waals surface area contributed by atoms with Gasteiger partial charge in [-0.15, -0.1) is 11.3 Å². The Hall–Kier alpha value is -1.68. The van der Waals surface area contributed by atoms with Crippen molar-refractivity contribution in [3.8, 4) is 0 Å². The van der Waals surface area contributed by atoms with Gasteiger partial charge in [0, 0.05) is 11.8 Å². The van der Waals surface area contributed by atoms with E-state index in [4.69, 9.17) is 0 Å². The number of carbonyl (C=O) groups is 1. The van der Waals surface area contributed by atoms with E-state index in [1.165, 1.54) is 28.0 Å². The number of carboxylic acid groups (broad SMARTS) is 1. The average molecular weight is 289 g/mol. The van der Waals surface area contributed by atoms with E-state index in [1.807, 2.05) is 5.38 Å². The molecule has 0 saturated heterocycles. The van der Waals surface area contributed by atoms with Gasteiger partial charge in [-0.2, -0.15) is 0 Å². The number of thiazole rings is 1. The summed E-state index contributed by atoms with van der Waals surface area (Å²) >= 11 is 1.52. The Morgan fingerprint density at radius 1 is 1.30 bits per heavy atom. The van der Waals surface area contributed by atoms with Crippen LogP contribution >= 0.6 is 11.3 Å². The normalized spacial score (nSPS) is 11.6. The lowest BCUT2D eigenvalue weighted by molar-refractivity contribution is -0.142. The summed E-state index contributed by atoms with van der Waals surface area (Å²) in [6, 6.07) is 6.38. The van der Waals surface area contributed by atoms with Crippen molar-refractivity contribution < 1.29 is 9.90 Å². The second-order valence-electron chi connectivity index (χ2n) is 5.65. The molecule has 2 aromatic rings. The number of aryl methyl sites for hydroxylation is 2. The molecule has 1 N–H and O–H groups in total. The molecule has 0 atom stereocenters. The number of aromatic nitrogens is 1. The highest BCUT2D eigenvalue weighted by Crippen LogP contribution is 2.26. The van der Waals surface area contributed by atoms with Crippen LogP contribution in [-0.2, 0) is 16.6 Å². The summed E-state index contributed by atoms with van der Waals surface area (Å²) < 4.78 is 0. The molecule has 0 amide bonds. The molecule has 0 radical (unpaired) electrons. The Morgan fingerprint density at radius 3 is 2.60 bits per heavy atom. The van der Waals surface area contributed by atoms with Crippen molar-refractivity contribution in [3.05, 3.63) is 51.0 Å². The van der Waals surface area contributed by atoms with Gasteiger partial charge in [0.2, 0.25) is 0 Å². The van der Waals surface area contributed by atoms with E-state index in [-0.39, 0.29) is 0 Å². The third-order valence-corrected chi connectivity index (χ3v) is 4.50. The van der Waals surface area contributed by atoms with E-state index in [2.05, 4.69) is 37.0 Å². The fraction of sp³-hybridized carbons (Fsp3) is 0.375. The predicted molar refractivity (Wildman–Crippen MR) is 81.5 cm³/mol. The number of nitrogens with zero attached hydrogens (tertiary/aromatic N) is 1. The molecule has 106 valence electrons. The minimum atomic E-state index is -0.933. The molecule has 0 fully saturated rings. The summed E-state index contributed by atoms with van der Waals surface area (Å²) in [4.78, 5) is 15.7. The number of rotatable bonds is 4. The monoisotopic (exact) mass is 289 g/mol. The lowest BCUT2D eigenvalue weighted by atomic mass is 9.90. The lowest BCUT2D eigenvalue weighted by Gasteiger charge is -2.15. The van der Waals surface area contributed by atoms with Crippen molar-refractivity contribution in [1.29, 1.82) is 0 Å². The number of aliphatic carboxylic acids is 1. The maximum Gasteiger partial charge on any atom is 0.315 e. The highest BCUT2D eigenvalue weighted by atomic mass is 32.1. The molecule has 0 saturated carbocycles. The Kier molecular flexibility index (Phi) is 3.95. The van der Waals surface area contributed by atoms with Crippen molar-refractivity contribution in [2.24, 2.45) is 0 Å². The average Bonchev–Trinajstić information content (AvgIpc) is 2.83. The molecule has 4 heteroatoms. The van der Waals surface area contributed by atoms with Crippen LogP contribution in [0.3, 0.4) is 0 Å². The van der Waals surface area contributed by atoms with Crippen molar-refractivity contribution in [2.45, 2.75) is 39.5 Å². The van der Waals surface area contributed by atoms with Crippen molar-refractivity contribution in [1.82, 2.24) is 4.98 Å². The molecule has 20 heavy (non-hydrogen) atoms. The summed E-state index contributed by atoms with van der Waals surface area (Å²) in [5, 5.41) is 12.0. The van der Waals surface area contributed by atoms with Crippen LogP contribution in [0, 0.1) is 13.8 Å². The Labute approximate surface area is 123 Å². The molecule has 0 spiro atoms. The molecule has 3 nitrogen and oxygen atoms in total. The molecule has 1 aromatic heterocycles. The molecule has 2 rings (SSSR count). The lowest BCUT2D eigenvalue weighted by Crippen LogP contribution is -2.28. The first-order valence-corrected chi connectivity index (χ1v) is 7.43. The zero-order chi connectivity index (χ0) is 14.9. The SMILES string of the molecule is Cc1ccc(Cc2nc(C(C)(C)C(=O)O)cs2)cc1C. The fourth-order valence-electron chi connectivity index (χ4n) is 1.88. The van der Waals surface area contributed by atoms with Crippen molar-refractivity contribution in [2.75, 3.05) is 0 Å². The summed E-state index contributed by atoms with van der Waals surface area (Å²) in [6.07, 6.45) is 0.751. The molecular formula is C16H19NO2S. The number of benzene rings is 1. The largest absolute Gasteiger partial charge is 0.481 e. The van der Waals surface area contributed by atoms with E-state index in [9.17, 15) is 9.90 Å². The molecule has 1 heterocycles. The van der Waals surface area contributed by atoms with Crippen LogP contribution in [0.4, 0.5) is 0 Å². The number of carboxylic acids is 1. The maximum atomic E-state index is 11.2. The molecule has 0 bridgehead atoms. The fourth-order valence-corrected chi connectivity index (χ4v) is 2.87. The molecule has 0 aliphatic rings. The van der Waals surface area contributed by atoms with Gasteiger partial charge >= 0.3 is 5.97 Å². The number of hydrogen-bond donors (Lipinski definition) is 1. The predicted octanol–water partition coefficient (Wildman–Crippen LogP) is 3.71. The summed E-state index contributed by atoms with van der Waals surface area (Å²) in [6.45, 7) is 7.56. The number of hydrogen-bond acceptors (Lipinski definition) is 3. The Bertz CT molecular complexity index is 644. The highest BCUT2D eigenvalue weighted by Gasteiger charge is 2.32. The zero-order valence-electron chi connectivity index (χ0n) is 12.2.